The van der Waals surface area contributed by atoms with Gasteiger partial charge in [0.05, 0.1) is 11.3 Å². The molecule has 1 saturated heterocycles. The number of nitrogens with one attached hydrogen (secondary N) is 1. The number of carbonyl (C=O) groups excluding carboxylic acids is 1. The Labute approximate surface area is 154 Å². The van der Waals surface area contributed by atoms with E-state index in [9.17, 15) is 18.0 Å². The van der Waals surface area contributed by atoms with Crippen molar-refractivity contribution in [3.63, 3.8) is 0 Å². The fraction of sp³-hybridized carbons (Fsp3) is 0.389. The topological polar surface area (TPSA) is 67.3 Å². The maximum atomic E-state index is 12.6. The molecule has 1 aliphatic heterocycles. The summed E-state index contributed by atoms with van der Waals surface area (Å²) in [6.07, 6.45) is -3.18. The number of likely N-dealkylation sites (tertiary alicyclic amines) is 1. The van der Waals surface area contributed by atoms with E-state index in [0.717, 1.165) is 17.8 Å². The number of ether oxygens (including phenoxy) is 1. The van der Waals surface area contributed by atoms with Gasteiger partial charge in [-0.05, 0) is 37.3 Å². The molecule has 0 unspecified atom stereocenters. The second kappa shape index (κ2) is 7.81. The molecule has 2 heterocycles. The van der Waals surface area contributed by atoms with Gasteiger partial charge in [-0.25, -0.2) is 4.79 Å². The summed E-state index contributed by atoms with van der Waals surface area (Å²) in [6, 6.07) is 7.60. The number of benzene rings is 1. The Hall–Kier alpha value is -2.84. The molecule has 2 amide bonds. The molecule has 6 nitrogen and oxygen atoms in total. The van der Waals surface area contributed by atoms with Crippen LogP contribution >= 0.6 is 0 Å². The minimum atomic E-state index is -4.40. The number of hydrogen-bond acceptors (Lipinski definition) is 4. The Morgan fingerprint density at radius 1 is 1.11 bits per heavy atom. The Kier molecular flexibility index (Phi) is 5.48. The third-order valence-corrected chi connectivity index (χ3v) is 4.25. The highest BCUT2D eigenvalue weighted by Crippen LogP contribution is 2.30. The van der Waals surface area contributed by atoms with Gasteiger partial charge in [0, 0.05) is 37.7 Å². The molecule has 0 bridgehead atoms. The number of hydrogen-bond donors (Lipinski definition) is 1. The molecule has 0 radical (unpaired) electrons. The number of carbonyl (C=O) groups is 1. The highest BCUT2D eigenvalue weighted by molar-refractivity contribution is 5.89. The van der Waals surface area contributed by atoms with E-state index >= 15 is 0 Å². The van der Waals surface area contributed by atoms with E-state index in [2.05, 4.69) is 15.5 Å². The van der Waals surface area contributed by atoms with E-state index in [-0.39, 0.29) is 12.1 Å². The summed E-state index contributed by atoms with van der Waals surface area (Å²) in [5.41, 5.74) is 0.371. The van der Waals surface area contributed by atoms with Crippen molar-refractivity contribution < 1.29 is 22.7 Å². The van der Waals surface area contributed by atoms with E-state index in [1.54, 1.807) is 11.0 Å². The van der Waals surface area contributed by atoms with Crippen molar-refractivity contribution in [3.05, 3.63) is 47.7 Å². The van der Waals surface area contributed by atoms with Crippen LogP contribution in [0, 0.1) is 6.92 Å². The Morgan fingerprint density at radius 2 is 1.78 bits per heavy atom. The molecule has 0 atom stereocenters. The van der Waals surface area contributed by atoms with E-state index in [0.29, 0.717) is 37.5 Å². The first-order chi connectivity index (χ1) is 12.8. The third-order valence-electron chi connectivity index (χ3n) is 4.25. The molecule has 1 N–H and O–H groups in total. The molecule has 9 heteroatoms. The largest absolute Gasteiger partial charge is 0.473 e. The molecule has 27 heavy (non-hydrogen) atoms. The van der Waals surface area contributed by atoms with Gasteiger partial charge in [-0.2, -0.15) is 18.3 Å². The van der Waals surface area contributed by atoms with Crippen molar-refractivity contribution in [1.82, 2.24) is 15.1 Å². The first-order valence-electron chi connectivity index (χ1n) is 8.51. The number of alkyl halides is 3. The van der Waals surface area contributed by atoms with Gasteiger partial charge in [0.2, 0.25) is 5.88 Å². The quantitative estimate of drug-likeness (QED) is 0.878. The average Bonchev–Trinajstić information content (AvgIpc) is 2.64. The maximum Gasteiger partial charge on any atom is 0.416 e. The van der Waals surface area contributed by atoms with Gasteiger partial charge >= 0.3 is 12.2 Å². The number of piperidine rings is 1. The van der Waals surface area contributed by atoms with Crippen LogP contribution in [0.25, 0.3) is 0 Å². The van der Waals surface area contributed by atoms with Crippen molar-refractivity contribution in [2.75, 3.05) is 18.4 Å². The number of nitrogens with zero attached hydrogens (tertiary/aromatic N) is 3. The van der Waals surface area contributed by atoms with Crippen LogP contribution in [0.1, 0.15) is 24.1 Å². The van der Waals surface area contributed by atoms with Crippen molar-refractivity contribution in [1.29, 1.82) is 0 Å². The van der Waals surface area contributed by atoms with Crippen LogP contribution in [0.5, 0.6) is 5.88 Å². The minimum Gasteiger partial charge on any atom is -0.473 e. The predicted octanol–water partition coefficient (Wildman–Crippen LogP) is 3.88. The van der Waals surface area contributed by atoms with E-state index in [1.165, 1.54) is 12.1 Å². The molecule has 3 rings (SSSR count). The summed E-state index contributed by atoms with van der Waals surface area (Å²) in [4.78, 5) is 13.9. The molecule has 0 saturated carbocycles. The number of halogens is 3. The van der Waals surface area contributed by atoms with Crippen LogP contribution < -0.4 is 10.1 Å². The normalized spacial score (nSPS) is 15.5. The molecule has 0 spiro atoms. The Morgan fingerprint density at radius 3 is 2.33 bits per heavy atom. The lowest BCUT2D eigenvalue weighted by molar-refractivity contribution is -0.137. The van der Waals surface area contributed by atoms with Gasteiger partial charge in [0.15, 0.2) is 0 Å². The van der Waals surface area contributed by atoms with Crippen molar-refractivity contribution in [2.24, 2.45) is 0 Å². The summed E-state index contributed by atoms with van der Waals surface area (Å²) in [5, 5.41) is 10.5. The standard InChI is InChI=1S/C18H19F3N4O2/c1-12-2-7-16(24-23-12)27-15-8-10-25(11-9-15)17(26)22-14-5-3-13(4-6-14)18(19,20)21/h2-7,15H,8-11H2,1H3,(H,22,26). The van der Waals surface area contributed by atoms with Crippen LogP contribution in [0.3, 0.4) is 0 Å². The number of aromatic nitrogens is 2. The minimum absolute atomic E-state index is 0.0582. The van der Waals surface area contributed by atoms with Gasteiger partial charge in [-0.3, -0.25) is 0 Å². The zero-order chi connectivity index (χ0) is 19.4. The van der Waals surface area contributed by atoms with Gasteiger partial charge < -0.3 is 15.0 Å². The Bertz CT molecular complexity index is 771. The first kappa shape index (κ1) is 18.9. The summed E-state index contributed by atoms with van der Waals surface area (Å²) in [7, 11) is 0. The number of rotatable bonds is 3. The highest BCUT2D eigenvalue weighted by atomic mass is 19.4. The average molecular weight is 380 g/mol. The van der Waals surface area contributed by atoms with Crippen LogP contribution in [-0.2, 0) is 6.18 Å². The van der Waals surface area contributed by atoms with Crippen LogP contribution in [0.2, 0.25) is 0 Å². The summed E-state index contributed by atoms with van der Waals surface area (Å²) in [6.45, 7) is 2.80. The molecule has 2 aromatic rings. The fourth-order valence-electron chi connectivity index (χ4n) is 2.74. The SMILES string of the molecule is Cc1ccc(OC2CCN(C(=O)Nc3ccc(C(F)(F)F)cc3)CC2)nn1. The lowest BCUT2D eigenvalue weighted by Gasteiger charge is -2.31. The summed E-state index contributed by atoms with van der Waals surface area (Å²) in [5.74, 6) is 0.452. The number of urea groups is 1. The second-order valence-electron chi connectivity index (χ2n) is 6.32. The second-order valence-corrected chi connectivity index (χ2v) is 6.32. The lowest BCUT2D eigenvalue weighted by atomic mass is 10.1. The van der Waals surface area contributed by atoms with Crippen molar-refractivity contribution in [2.45, 2.75) is 32.0 Å². The molecule has 144 valence electrons. The smallest absolute Gasteiger partial charge is 0.416 e. The van der Waals surface area contributed by atoms with E-state index in [4.69, 9.17) is 4.74 Å². The summed E-state index contributed by atoms with van der Waals surface area (Å²) >= 11 is 0. The zero-order valence-corrected chi connectivity index (χ0v) is 14.7. The van der Waals surface area contributed by atoms with Crippen molar-refractivity contribution >= 4 is 11.7 Å². The molecular formula is C18H19F3N4O2. The first-order valence-corrected chi connectivity index (χ1v) is 8.51. The Balaban J connectivity index is 1.49. The third kappa shape index (κ3) is 5.08. The van der Waals surface area contributed by atoms with Crippen LogP contribution in [-0.4, -0.2) is 40.3 Å². The number of anilines is 1. The molecule has 1 aromatic carbocycles. The zero-order valence-electron chi connectivity index (χ0n) is 14.7. The van der Waals surface area contributed by atoms with Crippen LogP contribution in [0.4, 0.5) is 23.7 Å². The van der Waals surface area contributed by atoms with Gasteiger partial charge in [0.1, 0.15) is 6.10 Å². The number of aryl methyl sites for hydroxylation is 1. The monoisotopic (exact) mass is 380 g/mol. The molecule has 1 aliphatic rings. The molecule has 0 aliphatic carbocycles. The van der Waals surface area contributed by atoms with E-state index in [1.807, 2.05) is 13.0 Å². The molecule has 1 aromatic heterocycles. The fourth-order valence-corrected chi connectivity index (χ4v) is 2.74. The lowest BCUT2D eigenvalue weighted by Crippen LogP contribution is -2.43. The van der Waals surface area contributed by atoms with Crippen LogP contribution in [0.15, 0.2) is 36.4 Å². The van der Waals surface area contributed by atoms with Gasteiger partial charge in [-0.15, -0.1) is 5.10 Å². The van der Waals surface area contributed by atoms with Gasteiger partial charge in [-0.1, -0.05) is 0 Å². The summed E-state index contributed by atoms with van der Waals surface area (Å²) < 4.78 is 43.5. The molecular weight excluding hydrogens is 361 g/mol. The van der Waals surface area contributed by atoms with Gasteiger partial charge in [0.25, 0.3) is 0 Å². The van der Waals surface area contributed by atoms with Crippen molar-refractivity contribution in [3.8, 4) is 5.88 Å². The van der Waals surface area contributed by atoms with E-state index < -0.39 is 11.7 Å². The number of amides is 2. The highest BCUT2D eigenvalue weighted by Gasteiger charge is 2.30. The molecule has 1 fully saturated rings. The predicted molar refractivity (Wildman–Crippen MR) is 92.5 cm³/mol. The maximum absolute atomic E-state index is 12.6.